The molecule has 0 saturated heterocycles. The van der Waals surface area contributed by atoms with Crippen LogP contribution < -0.4 is 15.8 Å². The van der Waals surface area contributed by atoms with Gasteiger partial charge in [0.25, 0.3) is 0 Å². The van der Waals surface area contributed by atoms with E-state index in [0.717, 1.165) is 6.42 Å². The molecular weight excluding hydrogens is 240 g/mol. The number of ether oxygens (including phenoxy) is 1. The maximum absolute atomic E-state index is 6.02. The lowest BCUT2D eigenvalue weighted by molar-refractivity contribution is 0.464. The minimum atomic E-state index is 0.293. The Bertz CT molecular complexity index is 530. The van der Waals surface area contributed by atoms with Crippen molar-refractivity contribution in [3.05, 3.63) is 36.7 Å². The standard InChI is InChI=1S/C14H18N4O/c1-3-10(2)18-13-12(15)14(17-9-16-13)19-11-7-5-4-6-8-11/h4-10H,3,15H2,1-2H3,(H,16,17,18). The number of hydrogen-bond acceptors (Lipinski definition) is 5. The number of nitrogens with zero attached hydrogens (tertiary/aromatic N) is 2. The van der Waals surface area contributed by atoms with Crippen molar-refractivity contribution in [1.82, 2.24) is 9.97 Å². The molecule has 0 aliphatic heterocycles. The molecule has 5 heteroatoms. The number of nitrogens with one attached hydrogen (secondary N) is 1. The van der Waals surface area contributed by atoms with Crippen LogP contribution >= 0.6 is 0 Å². The Balaban J connectivity index is 2.20. The number of rotatable bonds is 5. The molecule has 0 fully saturated rings. The Morgan fingerprint density at radius 3 is 2.68 bits per heavy atom. The summed E-state index contributed by atoms with van der Waals surface area (Å²) >= 11 is 0. The van der Waals surface area contributed by atoms with Gasteiger partial charge in [-0.25, -0.2) is 4.98 Å². The molecule has 5 nitrogen and oxygen atoms in total. The second kappa shape index (κ2) is 6.04. The Labute approximate surface area is 112 Å². The second-order valence-corrected chi connectivity index (χ2v) is 4.31. The summed E-state index contributed by atoms with van der Waals surface area (Å²) in [5.41, 5.74) is 6.44. The molecule has 19 heavy (non-hydrogen) atoms. The maximum atomic E-state index is 6.02. The van der Waals surface area contributed by atoms with Crippen molar-refractivity contribution in [2.75, 3.05) is 11.1 Å². The first-order chi connectivity index (χ1) is 9.20. The van der Waals surface area contributed by atoms with E-state index in [1.165, 1.54) is 6.33 Å². The highest BCUT2D eigenvalue weighted by Crippen LogP contribution is 2.29. The zero-order valence-electron chi connectivity index (χ0n) is 11.1. The van der Waals surface area contributed by atoms with Gasteiger partial charge in [0.2, 0.25) is 5.88 Å². The third-order valence-corrected chi connectivity index (χ3v) is 2.80. The summed E-state index contributed by atoms with van der Waals surface area (Å²) in [6.45, 7) is 4.16. The predicted octanol–water partition coefficient (Wildman–Crippen LogP) is 3.06. The molecule has 0 bridgehead atoms. The number of nitrogens with two attached hydrogens (primary N) is 1. The molecule has 1 heterocycles. The molecular formula is C14H18N4O. The van der Waals surface area contributed by atoms with Gasteiger partial charge in [-0.2, -0.15) is 4.98 Å². The number of hydrogen-bond donors (Lipinski definition) is 2. The van der Waals surface area contributed by atoms with Crippen molar-refractivity contribution in [2.24, 2.45) is 0 Å². The molecule has 2 rings (SSSR count). The number of para-hydroxylation sites is 1. The number of benzene rings is 1. The Morgan fingerprint density at radius 2 is 2.00 bits per heavy atom. The first-order valence-electron chi connectivity index (χ1n) is 6.30. The van der Waals surface area contributed by atoms with Crippen molar-refractivity contribution in [2.45, 2.75) is 26.3 Å². The smallest absolute Gasteiger partial charge is 0.248 e. The van der Waals surface area contributed by atoms with Crippen molar-refractivity contribution in [3.8, 4) is 11.6 Å². The summed E-state index contributed by atoms with van der Waals surface area (Å²) < 4.78 is 5.65. The van der Waals surface area contributed by atoms with Crippen molar-refractivity contribution in [3.63, 3.8) is 0 Å². The molecule has 0 aliphatic carbocycles. The van der Waals surface area contributed by atoms with E-state index in [0.29, 0.717) is 29.2 Å². The molecule has 1 atom stereocenters. The molecule has 0 saturated carbocycles. The normalized spacial score (nSPS) is 11.9. The van der Waals surface area contributed by atoms with Gasteiger partial charge in [0.1, 0.15) is 17.8 Å². The van der Waals surface area contributed by atoms with Gasteiger partial charge in [-0.05, 0) is 25.5 Å². The molecule has 0 spiro atoms. The summed E-state index contributed by atoms with van der Waals surface area (Å²) in [5, 5.41) is 3.23. The second-order valence-electron chi connectivity index (χ2n) is 4.31. The van der Waals surface area contributed by atoms with E-state index in [4.69, 9.17) is 10.5 Å². The molecule has 3 N–H and O–H groups in total. The maximum Gasteiger partial charge on any atom is 0.248 e. The average molecular weight is 258 g/mol. The van der Waals surface area contributed by atoms with Gasteiger partial charge in [-0.1, -0.05) is 25.1 Å². The lowest BCUT2D eigenvalue weighted by atomic mass is 10.2. The fourth-order valence-electron chi connectivity index (χ4n) is 1.51. The van der Waals surface area contributed by atoms with Crippen molar-refractivity contribution in [1.29, 1.82) is 0 Å². The molecule has 1 aromatic heterocycles. The first-order valence-corrected chi connectivity index (χ1v) is 6.30. The number of aromatic nitrogens is 2. The fourth-order valence-corrected chi connectivity index (χ4v) is 1.51. The summed E-state index contributed by atoms with van der Waals surface area (Å²) in [4.78, 5) is 8.21. The van der Waals surface area contributed by atoms with Crippen LogP contribution in [0.5, 0.6) is 11.6 Å². The van der Waals surface area contributed by atoms with Crippen LogP contribution in [0.2, 0.25) is 0 Å². The minimum absolute atomic E-state index is 0.293. The SMILES string of the molecule is CCC(C)Nc1ncnc(Oc2ccccc2)c1N. The highest BCUT2D eigenvalue weighted by molar-refractivity contribution is 5.67. The zero-order chi connectivity index (χ0) is 13.7. The fraction of sp³-hybridized carbons (Fsp3) is 0.286. The molecule has 0 aliphatic rings. The molecule has 0 amide bonds. The van der Waals surface area contributed by atoms with Crippen LogP contribution in [0.3, 0.4) is 0 Å². The van der Waals surface area contributed by atoms with E-state index in [1.807, 2.05) is 30.3 Å². The highest BCUT2D eigenvalue weighted by atomic mass is 16.5. The van der Waals surface area contributed by atoms with Crippen LogP contribution in [0, 0.1) is 0 Å². The molecule has 1 unspecified atom stereocenters. The van der Waals surface area contributed by atoms with E-state index < -0.39 is 0 Å². The summed E-state index contributed by atoms with van der Waals surface area (Å²) in [6.07, 6.45) is 2.43. The third kappa shape index (κ3) is 3.34. The average Bonchev–Trinajstić information content (AvgIpc) is 2.44. The van der Waals surface area contributed by atoms with Crippen LogP contribution in [-0.2, 0) is 0 Å². The van der Waals surface area contributed by atoms with Crippen LogP contribution in [0.1, 0.15) is 20.3 Å². The number of anilines is 2. The third-order valence-electron chi connectivity index (χ3n) is 2.80. The zero-order valence-corrected chi connectivity index (χ0v) is 11.1. The van der Waals surface area contributed by atoms with Gasteiger partial charge < -0.3 is 15.8 Å². The molecule has 0 radical (unpaired) electrons. The number of nitrogen functional groups attached to an aromatic ring is 1. The van der Waals surface area contributed by atoms with Crippen molar-refractivity contribution < 1.29 is 4.74 Å². The van der Waals surface area contributed by atoms with Crippen LogP contribution in [0.4, 0.5) is 11.5 Å². The monoisotopic (exact) mass is 258 g/mol. The molecule has 1 aromatic carbocycles. The lowest BCUT2D eigenvalue weighted by Crippen LogP contribution is -2.16. The van der Waals surface area contributed by atoms with Crippen LogP contribution in [-0.4, -0.2) is 16.0 Å². The Morgan fingerprint density at radius 1 is 1.26 bits per heavy atom. The highest BCUT2D eigenvalue weighted by Gasteiger charge is 2.11. The summed E-state index contributed by atoms with van der Waals surface area (Å²) in [6, 6.07) is 9.70. The molecule has 2 aromatic rings. The van der Waals surface area contributed by atoms with Crippen LogP contribution in [0.15, 0.2) is 36.7 Å². The topological polar surface area (TPSA) is 73.1 Å². The lowest BCUT2D eigenvalue weighted by Gasteiger charge is -2.15. The minimum Gasteiger partial charge on any atom is -0.437 e. The van der Waals surface area contributed by atoms with Gasteiger partial charge in [0.05, 0.1) is 0 Å². The van der Waals surface area contributed by atoms with Gasteiger partial charge in [0.15, 0.2) is 5.82 Å². The first kappa shape index (κ1) is 13.1. The largest absolute Gasteiger partial charge is 0.437 e. The van der Waals surface area contributed by atoms with E-state index in [9.17, 15) is 0 Å². The Hall–Kier alpha value is -2.30. The van der Waals surface area contributed by atoms with Gasteiger partial charge >= 0.3 is 0 Å². The van der Waals surface area contributed by atoms with Gasteiger partial charge in [-0.15, -0.1) is 0 Å². The molecule has 100 valence electrons. The van der Waals surface area contributed by atoms with E-state index >= 15 is 0 Å². The quantitative estimate of drug-likeness (QED) is 0.862. The van der Waals surface area contributed by atoms with E-state index in [-0.39, 0.29) is 0 Å². The Kier molecular flexibility index (Phi) is 4.18. The van der Waals surface area contributed by atoms with Crippen molar-refractivity contribution >= 4 is 11.5 Å². The van der Waals surface area contributed by atoms with E-state index in [2.05, 4.69) is 29.1 Å². The predicted molar refractivity (Wildman–Crippen MR) is 76.3 cm³/mol. The summed E-state index contributed by atoms with van der Waals surface area (Å²) in [5.74, 6) is 1.67. The van der Waals surface area contributed by atoms with Gasteiger partial charge in [0, 0.05) is 6.04 Å². The van der Waals surface area contributed by atoms with Crippen LogP contribution in [0.25, 0.3) is 0 Å². The van der Waals surface area contributed by atoms with Gasteiger partial charge in [-0.3, -0.25) is 0 Å². The summed E-state index contributed by atoms with van der Waals surface area (Å²) in [7, 11) is 0. The van der Waals surface area contributed by atoms with E-state index in [1.54, 1.807) is 0 Å².